The number of hydrogen-bond acceptors (Lipinski definition) is 5. The van der Waals surface area contributed by atoms with Gasteiger partial charge < -0.3 is 20.1 Å². The van der Waals surface area contributed by atoms with Crippen LogP contribution in [0.2, 0.25) is 0 Å². The number of ether oxygens (including phenoxy) is 2. The van der Waals surface area contributed by atoms with Gasteiger partial charge in [-0.1, -0.05) is 29.8 Å². The number of nitrogens with zero attached hydrogens (tertiary/aromatic N) is 1. The Labute approximate surface area is 218 Å². The van der Waals surface area contributed by atoms with Gasteiger partial charge in [0.25, 0.3) is 11.8 Å². The molecule has 2 amide bonds. The number of nitriles is 1. The average molecular weight is 548 g/mol. The first-order valence-electron chi connectivity index (χ1n) is 11.1. The summed E-state index contributed by atoms with van der Waals surface area (Å²) in [5, 5.41) is 15.1. The molecule has 0 aromatic heterocycles. The van der Waals surface area contributed by atoms with Crippen LogP contribution in [0.5, 0.6) is 11.5 Å². The molecule has 0 aliphatic carbocycles. The monoisotopic (exact) mass is 547 g/mol. The highest BCUT2D eigenvalue weighted by atomic mass is 79.9. The standard InChI is InChI=1S/C28H26BrN3O4/c1-17-6-9-22(10-7-17)31-28(34)21(15-30)12-20-13-23(29)27(25(14-20)35-4)36-16-26(33)32-24-11-18(2)5-8-19(24)3/h5-14H,16H2,1-4H3,(H,31,34)(H,32,33)/b21-12-. The van der Waals surface area contributed by atoms with Crippen LogP contribution in [0.1, 0.15) is 22.3 Å². The van der Waals surface area contributed by atoms with Crippen molar-refractivity contribution in [2.75, 3.05) is 24.4 Å². The molecule has 0 heterocycles. The molecule has 0 aliphatic heterocycles. The minimum absolute atomic E-state index is 0.0777. The van der Waals surface area contributed by atoms with Crippen LogP contribution >= 0.6 is 15.9 Å². The SMILES string of the molecule is COc1cc(/C=C(/C#N)C(=O)Nc2ccc(C)cc2)cc(Br)c1OCC(=O)Nc1cc(C)ccc1C. The van der Waals surface area contributed by atoms with Crippen LogP contribution in [0.4, 0.5) is 11.4 Å². The molecule has 0 saturated carbocycles. The van der Waals surface area contributed by atoms with Crippen molar-refractivity contribution in [3.05, 3.63) is 86.9 Å². The Morgan fingerprint density at radius 2 is 1.69 bits per heavy atom. The first kappa shape index (κ1) is 26.5. The van der Waals surface area contributed by atoms with E-state index in [1.54, 1.807) is 24.3 Å². The van der Waals surface area contributed by atoms with Crippen molar-refractivity contribution < 1.29 is 19.1 Å². The maximum absolute atomic E-state index is 12.6. The third kappa shape index (κ3) is 6.96. The Hall–Kier alpha value is -4.09. The van der Waals surface area contributed by atoms with E-state index in [0.29, 0.717) is 27.2 Å². The number of anilines is 2. The third-order valence-electron chi connectivity index (χ3n) is 5.25. The highest BCUT2D eigenvalue weighted by molar-refractivity contribution is 9.10. The molecule has 0 atom stereocenters. The fraction of sp³-hybridized carbons (Fsp3) is 0.179. The van der Waals surface area contributed by atoms with Gasteiger partial charge in [-0.05, 0) is 89.8 Å². The molecule has 0 fully saturated rings. The molecule has 0 bridgehead atoms. The predicted molar refractivity (Wildman–Crippen MR) is 144 cm³/mol. The van der Waals surface area contributed by atoms with E-state index in [-0.39, 0.29) is 18.1 Å². The van der Waals surface area contributed by atoms with Crippen molar-refractivity contribution >= 4 is 45.2 Å². The third-order valence-corrected chi connectivity index (χ3v) is 5.84. The second-order valence-electron chi connectivity index (χ2n) is 8.18. The number of methoxy groups -OCH3 is 1. The van der Waals surface area contributed by atoms with E-state index in [1.165, 1.54) is 13.2 Å². The van der Waals surface area contributed by atoms with Crippen LogP contribution in [0.25, 0.3) is 6.08 Å². The number of rotatable bonds is 8. The lowest BCUT2D eigenvalue weighted by Crippen LogP contribution is -2.21. The highest BCUT2D eigenvalue weighted by Crippen LogP contribution is 2.37. The molecule has 3 rings (SSSR count). The molecule has 2 N–H and O–H groups in total. The number of benzene rings is 3. The quantitative estimate of drug-likeness (QED) is 0.268. The number of carbonyl (C=O) groups excluding carboxylic acids is 2. The summed E-state index contributed by atoms with van der Waals surface area (Å²) in [7, 11) is 1.47. The van der Waals surface area contributed by atoms with Crippen molar-refractivity contribution in [1.82, 2.24) is 0 Å². The molecule has 3 aromatic rings. The van der Waals surface area contributed by atoms with Crippen LogP contribution < -0.4 is 20.1 Å². The molecular weight excluding hydrogens is 522 g/mol. The minimum Gasteiger partial charge on any atom is -0.493 e. The summed E-state index contributed by atoms with van der Waals surface area (Å²) in [6.45, 7) is 5.58. The second-order valence-corrected chi connectivity index (χ2v) is 9.03. The molecule has 8 heteroatoms. The van der Waals surface area contributed by atoms with Gasteiger partial charge in [0, 0.05) is 11.4 Å². The molecular formula is C28H26BrN3O4. The van der Waals surface area contributed by atoms with E-state index < -0.39 is 5.91 Å². The normalized spacial score (nSPS) is 10.8. The molecule has 184 valence electrons. The Kier molecular flexibility index (Phi) is 8.87. The van der Waals surface area contributed by atoms with E-state index in [4.69, 9.17) is 9.47 Å². The first-order valence-corrected chi connectivity index (χ1v) is 11.9. The molecule has 36 heavy (non-hydrogen) atoms. The molecule has 3 aromatic carbocycles. The largest absolute Gasteiger partial charge is 0.493 e. The average Bonchev–Trinajstić information content (AvgIpc) is 2.85. The van der Waals surface area contributed by atoms with Crippen LogP contribution in [0.15, 0.2) is 64.6 Å². The van der Waals surface area contributed by atoms with Gasteiger partial charge >= 0.3 is 0 Å². The maximum atomic E-state index is 12.6. The highest BCUT2D eigenvalue weighted by Gasteiger charge is 2.16. The summed E-state index contributed by atoms with van der Waals surface area (Å²) in [5.74, 6) is -0.180. The van der Waals surface area contributed by atoms with Crippen molar-refractivity contribution in [1.29, 1.82) is 5.26 Å². The van der Waals surface area contributed by atoms with E-state index in [0.717, 1.165) is 22.4 Å². The fourth-order valence-corrected chi connectivity index (χ4v) is 3.88. The smallest absolute Gasteiger partial charge is 0.266 e. The topological polar surface area (TPSA) is 100 Å². The molecule has 0 saturated heterocycles. The molecule has 0 unspecified atom stereocenters. The summed E-state index contributed by atoms with van der Waals surface area (Å²) >= 11 is 3.44. The van der Waals surface area contributed by atoms with E-state index >= 15 is 0 Å². The summed E-state index contributed by atoms with van der Waals surface area (Å²) in [6.07, 6.45) is 1.45. The number of carbonyl (C=O) groups is 2. The van der Waals surface area contributed by atoms with Crippen molar-refractivity contribution in [2.24, 2.45) is 0 Å². The zero-order chi connectivity index (χ0) is 26.2. The number of nitrogens with one attached hydrogen (secondary N) is 2. The summed E-state index contributed by atoms with van der Waals surface area (Å²) in [5.41, 5.74) is 4.83. The van der Waals surface area contributed by atoms with E-state index in [9.17, 15) is 14.9 Å². The van der Waals surface area contributed by atoms with E-state index in [1.807, 2.05) is 57.2 Å². The fourth-order valence-electron chi connectivity index (χ4n) is 3.31. The van der Waals surface area contributed by atoms with Gasteiger partial charge in [-0.3, -0.25) is 9.59 Å². The Morgan fingerprint density at radius 1 is 1.00 bits per heavy atom. The Bertz CT molecular complexity index is 1360. The lowest BCUT2D eigenvalue weighted by atomic mass is 10.1. The van der Waals surface area contributed by atoms with Gasteiger partial charge in [-0.15, -0.1) is 0 Å². The molecule has 0 spiro atoms. The zero-order valence-electron chi connectivity index (χ0n) is 20.4. The summed E-state index contributed by atoms with van der Waals surface area (Å²) in [6, 6.07) is 18.3. The number of aryl methyl sites for hydroxylation is 3. The number of amides is 2. The van der Waals surface area contributed by atoms with Crippen LogP contribution in [-0.2, 0) is 9.59 Å². The minimum atomic E-state index is -0.528. The number of halogens is 1. The van der Waals surface area contributed by atoms with Crippen molar-refractivity contribution in [2.45, 2.75) is 20.8 Å². The number of hydrogen-bond donors (Lipinski definition) is 2. The lowest BCUT2D eigenvalue weighted by molar-refractivity contribution is -0.118. The lowest BCUT2D eigenvalue weighted by Gasteiger charge is -2.14. The molecule has 0 radical (unpaired) electrons. The van der Waals surface area contributed by atoms with Crippen molar-refractivity contribution in [3.63, 3.8) is 0 Å². The van der Waals surface area contributed by atoms with Crippen LogP contribution in [-0.4, -0.2) is 25.5 Å². The van der Waals surface area contributed by atoms with Crippen LogP contribution in [0.3, 0.4) is 0 Å². The van der Waals surface area contributed by atoms with Crippen LogP contribution in [0, 0.1) is 32.1 Å². The van der Waals surface area contributed by atoms with E-state index in [2.05, 4.69) is 26.6 Å². The first-order chi connectivity index (χ1) is 17.2. The van der Waals surface area contributed by atoms with Gasteiger partial charge in [0.15, 0.2) is 18.1 Å². The Morgan fingerprint density at radius 3 is 2.36 bits per heavy atom. The summed E-state index contributed by atoms with van der Waals surface area (Å²) in [4.78, 5) is 25.1. The van der Waals surface area contributed by atoms with Gasteiger partial charge in [0.2, 0.25) is 0 Å². The predicted octanol–water partition coefficient (Wildman–Crippen LogP) is 5.95. The van der Waals surface area contributed by atoms with Gasteiger partial charge in [0.05, 0.1) is 11.6 Å². The maximum Gasteiger partial charge on any atom is 0.266 e. The molecule has 7 nitrogen and oxygen atoms in total. The van der Waals surface area contributed by atoms with Gasteiger partial charge in [-0.25, -0.2) is 0 Å². The zero-order valence-corrected chi connectivity index (χ0v) is 22.0. The Balaban J connectivity index is 1.74. The second kappa shape index (κ2) is 12.0. The van der Waals surface area contributed by atoms with Gasteiger partial charge in [-0.2, -0.15) is 5.26 Å². The summed E-state index contributed by atoms with van der Waals surface area (Å²) < 4.78 is 11.7. The van der Waals surface area contributed by atoms with Crippen molar-refractivity contribution in [3.8, 4) is 17.6 Å². The van der Waals surface area contributed by atoms with Gasteiger partial charge in [0.1, 0.15) is 11.6 Å². The molecule has 0 aliphatic rings.